The molecule has 0 radical (unpaired) electrons. The molecule has 0 saturated heterocycles. The average molecular weight is 379 g/mol. The van der Waals surface area contributed by atoms with Crippen LogP contribution >= 0.6 is 0 Å². The number of hydrogen-bond donors (Lipinski definition) is 0. The first-order valence-electron chi connectivity index (χ1n) is 9.89. The summed E-state index contributed by atoms with van der Waals surface area (Å²) in [6, 6.07) is 29.6. The van der Waals surface area contributed by atoms with Crippen LogP contribution in [0.2, 0.25) is 0 Å². The van der Waals surface area contributed by atoms with E-state index >= 15 is 0 Å². The van der Waals surface area contributed by atoms with Crippen molar-refractivity contribution in [3.8, 4) is 0 Å². The minimum atomic E-state index is -0.385. The highest BCUT2D eigenvalue weighted by Gasteiger charge is 2.41. The molecule has 3 aromatic carbocycles. The lowest BCUT2D eigenvalue weighted by Gasteiger charge is -2.30. The van der Waals surface area contributed by atoms with E-state index in [1.807, 2.05) is 83.8 Å². The Balaban J connectivity index is 1.53. The van der Waals surface area contributed by atoms with Gasteiger partial charge < -0.3 is 0 Å². The third-order valence-electron chi connectivity index (χ3n) is 5.45. The highest BCUT2D eigenvalue weighted by Crippen LogP contribution is 2.31. The van der Waals surface area contributed by atoms with E-state index in [4.69, 9.17) is 9.98 Å². The highest BCUT2D eigenvalue weighted by atomic mass is 16.2. The van der Waals surface area contributed by atoms with Crippen LogP contribution in [0.4, 0.5) is 0 Å². The highest BCUT2D eigenvalue weighted by molar-refractivity contribution is 6.16. The van der Waals surface area contributed by atoms with Gasteiger partial charge in [0.15, 0.2) is 0 Å². The zero-order chi connectivity index (χ0) is 19.6. The molecule has 0 N–H and O–H groups in total. The van der Waals surface area contributed by atoms with Crippen molar-refractivity contribution in [2.24, 2.45) is 9.98 Å². The monoisotopic (exact) mass is 379 g/mol. The van der Waals surface area contributed by atoms with E-state index in [1.165, 1.54) is 0 Å². The number of rotatable bonds is 4. The number of aliphatic imine (C=N–C) groups is 2. The Labute approximate surface area is 170 Å². The standard InChI is InChI=1S/C25H21N3O/c29-25-21(16-18-10-4-1-5-11-18)27-24-23(20-14-8-3-9-15-20)26-22(17-28(24)25)19-12-6-2-7-13-19/h1-15,21,23H,16-17H2. The number of fused-ring (bicyclic) bond motifs is 1. The van der Waals surface area contributed by atoms with Crippen LogP contribution < -0.4 is 0 Å². The Kier molecular flexibility index (Phi) is 4.53. The summed E-state index contributed by atoms with van der Waals surface area (Å²) in [4.78, 5) is 25.0. The van der Waals surface area contributed by atoms with Gasteiger partial charge in [-0.1, -0.05) is 91.0 Å². The molecule has 2 aliphatic rings. The van der Waals surface area contributed by atoms with Crippen molar-refractivity contribution in [1.82, 2.24) is 4.90 Å². The van der Waals surface area contributed by atoms with Crippen molar-refractivity contribution >= 4 is 17.5 Å². The topological polar surface area (TPSA) is 45.0 Å². The number of benzene rings is 3. The molecule has 2 unspecified atom stereocenters. The van der Waals surface area contributed by atoms with E-state index in [1.54, 1.807) is 0 Å². The van der Waals surface area contributed by atoms with Crippen LogP contribution in [0.15, 0.2) is 101 Å². The van der Waals surface area contributed by atoms with Gasteiger partial charge in [-0.2, -0.15) is 0 Å². The summed E-state index contributed by atoms with van der Waals surface area (Å²) in [5, 5.41) is 0. The third-order valence-corrected chi connectivity index (χ3v) is 5.45. The Morgan fingerprint density at radius 3 is 2.10 bits per heavy atom. The molecule has 0 aromatic heterocycles. The molecule has 1 amide bonds. The van der Waals surface area contributed by atoms with E-state index in [2.05, 4.69) is 12.1 Å². The summed E-state index contributed by atoms with van der Waals surface area (Å²) in [6.45, 7) is 0.469. The molecule has 3 aromatic rings. The first kappa shape index (κ1) is 17.6. The fourth-order valence-electron chi connectivity index (χ4n) is 3.98. The van der Waals surface area contributed by atoms with Crippen LogP contribution in [0.25, 0.3) is 0 Å². The molecule has 4 nitrogen and oxygen atoms in total. The Hall–Kier alpha value is -3.53. The molecule has 2 heterocycles. The van der Waals surface area contributed by atoms with Crippen molar-refractivity contribution in [2.45, 2.75) is 18.5 Å². The van der Waals surface area contributed by atoms with Gasteiger partial charge in [-0.25, -0.2) is 0 Å². The summed E-state index contributed by atoms with van der Waals surface area (Å²) in [6.07, 6.45) is 0.613. The first-order chi connectivity index (χ1) is 14.3. The molecule has 2 atom stereocenters. The zero-order valence-electron chi connectivity index (χ0n) is 16.0. The van der Waals surface area contributed by atoms with Crippen molar-refractivity contribution < 1.29 is 4.79 Å². The Morgan fingerprint density at radius 2 is 1.41 bits per heavy atom. The van der Waals surface area contributed by atoms with Crippen LogP contribution in [-0.4, -0.2) is 34.9 Å². The maximum Gasteiger partial charge on any atom is 0.253 e. The first-order valence-corrected chi connectivity index (χ1v) is 9.89. The van der Waals surface area contributed by atoms with Gasteiger partial charge in [0.25, 0.3) is 5.91 Å². The molecule has 0 spiro atoms. The number of amidine groups is 1. The molecule has 0 saturated carbocycles. The van der Waals surface area contributed by atoms with Crippen molar-refractivity contribution in [3.05, 3.63) is 108 Å². The number of carbonyl (C=O) groups is 1. The minimum absolute atomic E-state index is 0.0631. The lowest BCUT2D eigenvalue weighted by atomic mass is 10.0. The average Bonchev–Trinajstić information content (AvgIpc) is 3.10. The molecule has 2 aliphatic heterocycles. The summed E-state index contributed by atoms with van der Waals surface area (Å²) < 4.78 is 0. The number of amides is 1. The van der Waals surface area contributed by atoms with Gasteiger partial charge in [0.05, 0.1) is 12.3 Å². The molecule has 142 valence electrons. The molecular weight excluding hydrogens is 358 g/mol. The molecule has 0 fully saturated rings. The maximum absolute atomic E-state index is 13.3. The van der Waals surface area contributed by atoms with Crippen LogP contribution in [0.5, 0.6) is 0 Å². The molecule has 0 bridgehead atoms. The summed E-state index contributed by atoms with van der Waals surface area (Å²) in [7, 11) is 0. The molecule has 29 heavy (non-hydrogen) atoms. The number of carbonyl (C=O) groups excluding carboxylic acids is 1. The molecule has 0 aliphatic carbocycles. The summed E-state index contributed by atoms with van der Waals surface area (Å²) in [5.41, 5.74) is 4.15. The number of hydrogen-bond acceptors (Lipinski definition) is 3. The molecular formula is C25H21N3O. The fraction of sp³-hybridized carbons (Fsp3) is 0.160. The Morgan fingerprint density at radius 1 is 0.793 bits per heavy atom. The van der Waals surface area contributed by atoms with Crippen LogP contribution in [0.3, 0.4) is 0 Å². The van der Waals surface area contributed by atoms with E-state index in [9.17, 15) is 4.79 Å². The quantitative estimate of drug-likeness (QED) is 0.674. The van der Waals surface area contributed by atoms with Crippen LogP contribution in [-0.2, 0) is 11.2 Å². The van der Waals surface area contributed by atoms with E-state index in [0.29, 0.717) is 13.0 Å². The van der Waals surface area contributed by atoms with Crippen molar-refractivity contribution in [1.29, 1.82) is 0 Å². The molecule has 5 rings (SSSR count). The van der Waals surface area contributed by atoms with Crippen molar-refractivity contribution in [3.63, 3.8) is 0 Å². The number of nitrogens with zero attached hydrogens (tertiary/aromatic N) is 3. The Bertz CT molecular complexity index is 1070. The smallest absolute Gasteiger partial charge is 0.253 e. The minimum Gasteiger partial charge on any atom is -0.291 e. The SMILES string of the molecule is O=C1C(Cc2ccccc2)N=C2C(c3ccccc3)N=C(c3ccccc3)CN12. The summed E-state index contributed by atoms with van der Waals surface area (Å²) >= 11 is 0. The predicted octanol–water partition coefficient (Wildman–Crippen LogP) is 4.08. The lowest BCUT2D eigenvalue weighted by molar-refractivity contribution is -0.126. The van der Waals surface area contributed by atoms with Gasteiger partial charge >= 0.3 is 0 Å². The van der Waals surface area contributed by atoms with Crippen LogP contribution in [0.1, 0.15) is 22.7 Å². The third kappa shape index (κ3) is 3.38. The second kappa shape index (κ2) is 7.47. The fourth-order valence-corrected chi connectivity index (χ4v) is 3.98. The van der Waals surface area contributed by atoms with Gasteiger partial charge in [0.1, 0.15) is 17.9 Å². The van der Waals surface area contributed by atoms with E-state index in [-0.39, 0.29) is 18.0 Å². The zero-order valence-corrected chi connectivity index (χ0v) is 16.0. The van der Waals surface area contributed by atoms with E-state index < -0.39 is 0 Å². The van der Waals surface area contributed by atoms with Crippen molar-refractivity contribution in [2.75, 3.05) is 6.54 Å². The molecule has 4 heteroatoms. The van der Waals surface area contributed by atoms with Gasteiger partial charge in [0, 0.05) is 6.42 Å². The second-order valence-corrected chi connectivity index (χ2v) is 7.37. The largest absolute Gasteiger partial charge is 0.291 e. The van der Waals surface area contributed by atoms with Gasteiger partial charge in [-0.15, -0.1) is 0 Å². The maximum atomic E-state index is 13.3. The van der Waals surface area contributed by atoms with Crippen LogP contribution in [0, 0.1) is 0 Å². The lowest BCUT2D eigenvalue weighted by Crippen LogP contribution is -2.44. The van der Waals surface area contributed by atoms with Gasteiger partial charge in [-0.3, -0.25) is 19.7 Å². The predicted molar refractivity (Wildman–Crippen MR) is 115 cm³/mol. The summed E-state index contributed by atoms with van der Waals surface area (Å²) in [5.74, 6) is 0.829. The van der Waals surface area contributed by atoms with Gasteiger partial charge in [0.2, 0.25) is 0 Å². The van der Waals surface area contributed by atoms with E-state index in [0.717, 1.165) is 28.2 Å². The second-order valence-electron chi connectivity index (χ2n) is 7.37. The normalized spacial score (nSPS) is 20.8. The van der Waals surface area contributed by atoms with Gasteiger partial charge in [-0.05, 0) is 16.7 Å².